The van der Waals surface area contributed by atoms with E-state index < -0.39 is 18.1 Å². The molecule has 5 heteroatoms. The van der Waals surface area contributed by atoms with Gasteiger partial charge in [0, 0.05) is 0 Å². The number of amides is 2. The van der Waals surface area contributed by atoms with Crippen LogP contribution in [0, 0.1) is 5.82 Å². The highest BCUT2D eigenvalue weighted by Crippen LogP contribution is 2.28. The van der Waals surface area contributed by atoms with E-state index in [4.69, 9.17) is 0 Å². The molecule has 1 aliphatic heterocycles. The van der Waals surface area contributed by atoms with Gasteiger partial charge < -0.3 is 0 Å². The molecule has 1 atom stereocenters. The molecule has 3 rings (SSSR count). The van der Waals surface area contributed by atoms with Gasteiger partial charge in [-0.25, -0.2) is 13.7 Å². The largest absolute Gasteiger partial charge is 0.268 e. The summed E-state index contributed by atoms with van der Waals surface area (Å²) in [6.45, 7) is 3.67. The topological polar surface area (TPSA) is 37.4 Å². The molecule has 2 aromatic rings. The van der Waals surface area contributed by atoms with Gasteiger partial charge in [-0.15, -0.1) is 0 Å². The van der Waals surface area contributed by atoms with Crippen LogP contribution >= 0.6 is 0 Å². The van der Waals surface area contributed by atoms with Gasteiger partial charge in [-0.2, -0.15) is 0 Å². The second-order valence-corrected chi connectivity index (χ2v) is 5.65. The maximum Gasteiger partial charge on any atom is 0.264 e. The van der Waals surface area contributed by atoms with Crippen LogP contribution in [-0.2, 0) is 6.42 Å². The number of rotatable bonds is 5. The molecular weight excluding hydrogens is 312 g/mol. The lowest BCUT2D eigenvalue weighted by molar-refractivity contribution is 0.0476. The molecule has 0 spiro atoms. The molecule has 0 N–H and O–H groups in total. The Morgan fingerprint density at radius 3 is 2.08 bits per heavy atom. The molecular formula is C19H15F2NO2. The molecule has 0 aromatic heterocycles. The number of benzene rings is 2. The first-order valence-electron chi connectivity index (χ1n) is 7.52. The summed E-state index contributed by atoms with van der Waals surface area (Å²) < 4.78 is 27.5. The van der Waals surface area contributed by atoms with Crippen molar-refractivity contribution in [3.63, 3.8) is 0 Å². The van der Waals surface area contributed by atoms with Crippen LogP contribution in [0.25, 0.3) is 0 Å². The molecule has 1 heterocycles. The lowest BCUT2D eigenvalue weighted by Gasteiger charge is -2.21. The van der Waals surface area contributed by atoms with Crippen LogP contribution < -0.4 is 0 Å². The molecule has 1 aliphatic rings. The minimum atomic E-state index is -1.88. The fourth-order valence-electron chi connectivity index (χ4n) is 2.67. The van der Waals surface area contributed by atoms with Gasteiger partial charge in [0.2, 0.25) is 6.30 Å². The minimum Gasteiger partial charge on any atom is -0.268 e. The third-order valence-corrected chi connectivity index (χ3v) is 4.04. The maximum atomic E-state index is 14.7. The van der Waals surface area contributed by atoms with Crippen molar-refractivity contribution in [3.8, 4) is 0 Å². The number of aryl methyl sites for hydroxylation is 1. The molecule has 2 aromatic carbocycles. The lowest BCUT2D eigenvalue weighted by Crippen LogP contribution is -2.38. The van der Waals surface area contributed by atoms with E-state index in [1.54, 1.807) is 24.3 Å². The van der Waals surface area contributed by atoms with Crippen LogP contribution in [0.3, 0.4) is 0 Å². The first-order valence-corrected chi connectivity index (χ1v) is 7.52. The second-order valence-electron chi connectivity index (χ2n) is 5.65. The summed E-state index contributed by atoms with van der Waals surface area (Å²) >= 11 is 0. The Bertz CT molecular complexity index is 779. The average Bonchev–Trinajstić information content (AvgIpc) is 2.85. The van der Waals surface area contributed by atoms with Crippen LogP contribution in [0.1, 0.15) is 32.7 Å². The van der Waals surface area contributed by atoms with E-state index in [0.29, 0.717) is 11.3 Å². The maximum absolute atomic E-state index is 14.7. The fraction of sp³-hybridized carbons (Fsp3) is 0.158. The third kappa shape index (κ3) is 2.85. The Balaban J connectivity index is 1.69. The summed E-state index contributed by atoms with van der Waals surface area (Å²) in [4.78, 5) is 25.1. The number of nitrogens with zero attached hydrogens (tertiary/aromatic N) is 1. The zero-order valence-electron chi connectivity index (χ0n) is 12.8. The Morgan fingerprint density at radius 1 is 1.00 bits per heavy atom. The van der Waals surface area contributed by atoms with Gasteiger partial charge in [0.25, 0.3) is 11.8 Å². The molecule has 122 valence electrons. The minimum absolute atomic E-state index is 0.133. The van der Waals surface area contributed by atoms with Gasteiger partial charge in [0.05, 0.1) is 11.1 Å². The van der Waals surface area contributed by atoms with Gasteiger partial charge in [0.15, 0.2) is 0 Å². The zero-order valence-corrected chi connectivity index (χ0v) is 12.8. The van der Waals surface area contributed by atoms with Crippen molar-refractivity contribution in [2.45, 2.75) is 19.1 Å². The van der Waals surface area contributed by atoms with Gasteiger partial charge >= 0.3 is 0 Å². The van der Waals surface area contributed by atoms with Crippen LogP contribution in [0.4, 0.5) is 8.78 Å². The normalized spacial score (nSPS) is 14.7. The van der Waals surface area contributed by atoms with Crippen molar-refractivity contribution in [2.75, 3.05) is 0 Å². The molecule has 0 aliphatic carbocycles. The molecule has 0 bridgehead atoms. The second kappa shape index (κ2) is 6.35. The highest BCUT2D eigenvalue weighted by atomic mass is 19.1. The molecule has 0 radical (unpaired) electrons. The van der Waals surface area contributed by atoms with E-state index in [1.165, 1.54) is 24.3 Å². The number of hydrogen-bond acceptors (Lipinski definition) is 2. The van der Waals surface area contributed by atoms with Crippen molar-refractivity contribution in [2.24, 2.45) is 0 Å². The Morgan fingerprint density at radius 2 is 1.54 bits per heavy atom. The molecule has 24 heavy (non-hydrogen) atoms. The number of carbonyl (C=O) groups excluding carboxylic acids is 2. The molecule has 0 fully saturated rings. The zero-order chi connectivity index (χ0) is 17.3. The standard InChI is InChI=1S/C19H15F2NO2/c1-12(6-7-13-8-10-14(20)11-9-13)17(21)22-18(23)15-4-2-3-5-16(15)19(22)24/h2-5,8-11,17H,1,6-7H2. The Kier molecular flexibility index (Phi) is 4.25. The smallest absolute Gasteiger partial charge is 0.264 e. The first-order chi connectivity index (χ1) is 11.5. The van der Waals surface area contributed by atoms with Gasteiger partial charge in [-0.05, 0) is 48.2 Å². The third-order valence-electron chi connectivity index (χ3n) is 4.04. The van der Waals surface area contributed by atoms with E-state index in [0.717, 1.165) is 5.56 Å². The summed E-state index contributed by atoms with van der Waals surface area (Å²) in [5.41, 5.74) is 1.37. The average molecular weight is 327 g/mol. The van der Waals surface area contributed by atoms with Crippen molar-refractivity contribution >= 4 is 11.8 Å². The van der Waals surface area contributed by atoms with Crippen molar-refractivity contribution in [1.82, 2.24) is 4.90 Å². The van der Waals surface area contributed by atoms with Crippen LogP contribution in [-0.4, -0.2) is 23.0 Å². The van der Waals surface area contributed by atoms with Crippen molar-refractivity contribution < 1.29 is 18.4 Å². The molecule has 3 nitrogen and oxygen atoms in total. The quantitative estimate of drug-likeness (QED) is 0.474. The fourth-order valence-corrected chi connectivity index (χ4v) is 2.67. The number of alkyl halides is 1. The predicted octanol–water partition coefficient (Wildman–Crippen LogP) is 3.91. The van der Waals surface area contributed by atoms with Crippen molar-refractivity contribution in [3.05, 3.63) is 83.2 Å². The SMILES string of the molecule is C=C(CCc1ccc(F)cc1)C(F)N1C(=O)c2ccccc2C1=O. The number of imide groups is 1. The van der Waals surface area contributed by atoms with Crippen molar-refractivity contribution in [1.29, 1.82) is 0 Å². The van der Waals surface area contributed by atoms with Gasteiger partial charge in [-0.3, -0.25) is 9.59 Å². The van der Waals surface area contributed by atoms with E-state index in [2.05, 4.69) is 6.58 Å². The lowest BCUT2D eigenvalue weighted by atomic mass is 10.0. The highest BCUT2D eigenvalue weighted by molar-refractivity contribution is 6.21. The van der Waals surface area contributed by atoms with Gasteiger partial charge in [0.1, 0.15) is 5.82 Å². The number of fused-ring (bicyclic) bond motifs is 1. The molecule has 0 saturated carbocycles. The van der Waals surface area contributed by atoms with E-state index >= 15 is 0 Å². The van der Waals surface area contributed by atoms with Gasteiger partial charge in [-0.1, -0.05) is 30.8 Å². The molecule has 1 unspecified atom stereocenters. The van der Waals surface area contributed by atoms with Crippen LogP contribution in [0.15, 0.2) is 60.7 Å². The summed E-state index contributed by atoms with van der Waals surface area (Å²) in [6.07, 6.45) is -1.18. The monoisotopic (exact) mass is 327 g/mol. The predicted molar refractivity (Wildman–Crippen MR) is 85.7 cm³/mol. The Hall–Kier alpha value is -2.82. The number of hydrogen-bond donors (Lipinski definition) is 0. The highest BCUT2D eigenvalue weighted by Gasteiger charge is 2.40. The van der Waals surface area contributed by atoms with E-state index in [1.807, 2.05) is 0 Å². The number of carbonyl (C=O) groups is 2. The summed E-state index contributed by atoms with van der Waals surface area (Å²) in [7, 11) is 0. The number of halogens is 2. The van der Waals surface area contributed by atoms with E-state index in [-0.39, 0.29) is 28.9 Å². The van der Waals surface area contributed by atoms with Crippen LogP contribution in [0.2, 0.25) is 0 Å². The van der Waals surface area contributed by atoms with Crippen LogP contribution in [0.5, 0.6) is 0 Å². The molecule has 0 saturated heterocycles. The first kappa shape index (κ1) is 16.1. The summed E-state index contributed by atoms with van der Waals surface area (Å²) in [5.74, 6) is -1.64. The van der Waals surface area contributed by atoms with E-state index in [9.17, 15) is 18.4 Å². The molecule has 2 amide bonds. The summed E-state index contributed by atoms with van der Waals surface area (Å²) in [6, 6.07) is 12.1. The summed E-state index contributed by atoms with van der Waals surface area (Å²) in [5, 5.41) is 0. The Labute approximate surface area is 138 Å².